The summed E-state index contributed by atoms with van der Waals surface area (Å²) in [5, 5.41) is 2.51. The zero-order valence-electron chi connectivity index (χ0n) is 10.7. The minimum atomic E-state index is -0.0780. The van der Waals surface area contributed by atoms with Crippen LogP contribution in [-0.4, -0.2) is 9.97 Å². The van der Waals surface area contributed by atoms with Crippen LogP contribution in [0.4, 0.5) is 0 Å². The summed E-state index contributed by atoms with van der Waals surface area (Å²) in [5.41, 5.74) is 2.04. The van der Waals surface area contributed by atoms with Gasteiger partial charge in [0.15, 0.2) is 5.82 Å². The molecule has 96 valence electrons. The van der Waals surface area contributed by atoms with E-state index < -0.39 is 0 Å². The number of rotatable bonds is 1. The number of hydrogen-bond acceptors (Lipinski definition) is 3. The van der Waals surface area contributed by atoms with Crippen molar-refractivity contribution < 1.29 is 0 Å². The number of aryl methyl sites for hydroxylation is 1. The second-order valence-corrected chi connectivity index (χ2v) is 7.25. The third-order valence-corrected chi connectivity index (χ3v) is 4.85. The van der Waals surface area contributed by atoms with Gasteiger partial charge in [-0.3, -0.25) is 0 Å². The van der Waals surface area contributed by atoms with Crippen LogP contribution in [0, 0.1) is 6.92 Å². The Bertz CT molecular complexity index is 587. The zero-order valence-corrected chi connectivity index (χ0v) is 13.9. The van der Waals surface area contributed by atoms with Crippen molar-refractivity contribution in [3.63, 3.8) is 0 Å². The average Bonchev–Trinajstić information content (AvgIpc) is 2.66. The van der Waals surface area contributed by atoms with E-state index in [1.54, 1.807) is 11.3 Å². The van der Waals surface area contributed by atoms with Crippen LogP contribution in [0.25, 0.3) is 10.7 Å². The van der Waals surface area contributed by atoms with E-state index in [0.717, 1.165) is 15.0 Å². The van der Waals surface area contributed by atoms with Crippen LogP contribution in [0.5, 0.6) is 0 Å². The molecule has 2 rings (SSSR count). The van der Waals surface area contributed by atoms with E-state index in [0.29, 0.717) is 11.0 Å². The van der Waals surface area contributed by atoms with Gasteiger partial charge in [0, 0.05) is 5.41 Å². The number of aromatic nitrogens is 2. The van der Waals surface area contributed by atoms with Gasteiger partial charge in [-0.05, 0) is 39.9 Å². The minimum absolute atomic E-state index is 0.0780. The van der Waals surface area contributed by atoms with Gasteiger partial charge in [-0.15, -0.1) is 11.3 Å². The van der Waals surface area contributed by atoms with Crippen LogP contribution < -0.4 is 0 Å². The Balaban J connectivity index is 2.66. The van der Waals surface area contributed by atoms with Crippen molar-refractivity contribution in [1.82, 2.24) is 9.97 Å². The van der Waals surface area contributed by atoms with Crippen LogP contribution >= 0.6 is 38.9 Å². The predicted octanol–water partition coefficient (Wildman–Crippen LogP) is 5.23. The second kappa shape index (κ2) is 4.91. The smallest absolute Gasteiger partial charge is 0.171 e. The largest absolute Gasteiger partial charge is 0.231 e. The highest BCUT2D eigenvalue weighted by Gasteiger charge is 2.23. The SMILES string of the molecule is Cc1ccsc1-c1nc(Cl)c(Br)c(C(C)(C)C)n1. The Morgan fingerprint density at radius 2 is 1.94 bits per heavy atom. The Morgan fingerprint density at radius 1 is 1.28 bits per heavy atom. The molecular weight excluding hydrogens is 332 g/mol. The molecular formula is C13H14BrClN2S. The fraction of sp³-hybridized carbons (Fsp3) is 0.385. The number of hydrogen-bond donors (Lipinski definition) is 0. The molecule has 0 spiro atoms. The molecule has 0 radical (unpaired) electrons. The van der Waals surface area contributed by atoms with E-state index in [4.69, 9.17) is 11.6 Å². The van der Waals surface area contributed by atoms with Crippen molar-refractivity contribution in [1.29, 1.82) is 0 Å². The van der Waals surface area contributed by atoms with Crippen LogP contribution in [0.1, 0.15) is 32.0 Å². The Kier molecular flexibility index (Phi) is 3.81. The molecule has 0 amide bonds. The maximum Gasteiger partial charge on any atom is 0.171 e. The molecule has 0 bridgehead atoms. The number of thiophene rings is 1. The molecule has 2 aromatic heterocycles. The molecule has 0 aromatic carbocycles. The molecule has 0 unspecified atom stereocenters. The minimum Gasteiger partial charge on any atom is -0.231 e. The first-order valence-electron chi connectivity index (χ1n) is 5.58. The topological polar surface area (TPSA) is 25.8 Å². The van der Waals surface area contributed by atoms with Crippen molar-refractivity contribution >= 4 is 38.9 Å². The fourth-order valence-electron chi connectivity index (χ4n) is 1.62. The summed E-state index contributed by atoms with van der Waals surface area (Å²) in [6.07, 6.45) is 0. The summed E-state index contributed by atoms with van der Waals surface area (Å²) in [5.74, 6) is 0.709. The van der Waals surface area contributed by atoms with Gasteiger partial charge in [0.05, 0.1) is 15.0 Å². The van der Waals surface area contributed by atoms with E-state index >= 15 is 0 Å². The third kappa shape index (κ3) is 2.60. The molecule has 0 aliphatic rings. The molecule has 0 aliphatic carbocycles. The molecule has 5 heteroatoms. The fourth-order valence-corrected chi connectivity index (χ4v) is 3.42. The number of halogens is 2. The highest BCUT2D eigenvalue weighted by atomic mass is 79.9. The summed E-state index contributed by atoms with van der Waals surface area (Å²) in [4.78, 5) is 10.1. The lowest BCUT2D eigenvalue weighted by Gasteiger charge is -2.20. The predicted molar refractivity (Wildman–Crippen MR) is 81.5 cm³/mol. The molecule has 0 aliphatic heterocycles. The lowest BCUT2D eigenvalue weighted by Crippen LogP contribution is -2.16. The van der Waals surface area contributed by atoms with Crippen molar-refractivity contribution in [2.24, 2.45) is 0 Å². The molecule has 2 heterocycles. The Hall–Kier alpha value is -0.450. The molecule has 2 aromatic rings. The Morgan fingerprint density at radius 3 is 2.44 bits per heavy atom. The van der Waals surface area contributed by atoms with Gasteiger partial charge >= 0.3 is 0 Å². The normalized spacial score (nSPS) is 11.9. The monoisotopic (exact) mass is 344 g/mol. The van der Waals surface area contributed by atoms with Crippen molar-refractivity contribution in [3.8, 4) is 10.7 Å². The average molecular weight is 346 g/mol. The third-order valence-electron chi connectivity index (χ3n) is 2.59. The number of nitrogens with zero attached hydrogens (tertiary/aromatic N) is 2. The summed E-state index contributed by atoms with van der Waals surface area (Å²) in [7, 11) is 0. The lowest BCUT2D eigenvalue weighted by atomic mass is 9.92. The van der Waals surface area contributed by atoms with Crippen molar-refractivity contribution in [3.05, 3.63) is 32.3 Å². The lowest BCUT2D eigenvalue weighted by molar-refractivity contribution is 0.564. The van der Waals surface area contributed by atoms with E-state index in [1.807, 2.05) is 5.38 Å². The molecule has 0 atom stereocenters. The van der Waals surface area contributed by atoms with Crippen LogP contribution in [0.3, 0.4) is 0 Å². The Labute approximate surface area is 125 Å². The van der Waals surface area contributed by atoms with Crippen LogP contribution in [0.2, 0.25) is 5.15 Å². The highest BCUT2D eigenvalue weighted by Crippen LogP contribution is 2.35. The first kappa shape index (κ1) is 14.0. The standard InChI is InChI=1S/C13H14BrClN2S/c1-7-5-6-18-9(7)12-16-10(13(2,3)4)8(14)11(15)17-12/h5-6H,1-4H3. The molecule has 18 heavy (non-hydrogen) atoms. The summed E-state index contributed by atoms with van der Waals surface area (Å²) < 4.78 is 0.787. The molecule has 0 saturated heterocycles. The van der Waals surface area contributed by atoms with Crippen molar-refractivity contribution in [2.75, 3.05) is 0 Å². The highest BCUT2D eigenvalue weighted by molar-refractivity contribution is 9.10. The van der Waals surface area contributed by atoms with Gasteiger partial charge < -0.3 is 0 Å². The van der Waals surface area contributed by atoms with Gasteiger partial charge in [-0.25, -0.2) is 9.97 Å². The molecule has 0 N–H and O–H groups in total. The first-order valence-corrected chi connectivity index (χ1v) is 7.63. The quantitative estimate of drug-likeness (QED) is 0.662. The molecule has 0 saturated carbocycles. The maximum atomic E-state index is 6.20. The first-order chi connectivity index (χ1) is 8.30. The van der Waals surface area contributed by atoms with Gasteiger partial charge in [-0.1, -0.05) is 32.4 Å². The van der Waals surface area contributed by atoms with E-state index in [2.05, 4.69) is 59.7 Å². The van der Waals surface area contributed by atoms with E-state index in [-0.39, 0.29) is 5.41 Å². The van der Waals surface area contributed by atoms with Gasteiger partial charge in [0.1, 0.15) is 5.15 Å². The second-order valence-electron chi connectivity index (χ2n) is 5.18. The van der Waals surface area contributed by atoms with Gasteiger partial charge in [-0.2, -0.15) is 0 Å². The molecule has 0 fully saturated rings. The van der Waals surface area contributed by atoms with Gasteiger partial charge in [0.25, 0.3) is 0 Å². The van der Waals surface area contributed by atoms with Crippen LogP contribution in [0.15, 0.2) is 15.9 Å². The summed E-state index contributed by atoms with van der Waals surface area (Å²) in [6, 6.07) is 2.07. The maximum absolute atomic E-state index is 6.20. The van der Waals surface area contributed by atoms with Crippen LogP contribution in [-0.2, 0) is 5.41 Å². The van der Waals surface area contributed by atoms with E-state index in [1.165, 1.54) is 5.56 Å². The summed E-state index contributed by atoms with van der Waals surface area (Å²) in [6.45, 7) is 8.40. The van der Waals surface area contributed by atoms with E-state index in [9.17, 15) is 0 Å². The van der Waals surface area contributed by atoms with Crippen molar-refractivity contribution in [2.45, 2.75) is 33.1 Å². The zero-order chi connectivity index (χ0) is 13.5. The molecule has 2 nitrogen and oxygen atoms in total. The summed E-state index contributed by atoms with van der Waals surface area (Å²) >= 11 is 11.3. The van der Waals surface area contributed by atoms with Gasteiger partial charge in [0.2, 0.25) is 0 Å².